The van der Waals surface area contributed by atoms with E-state index in [0.29, 0.717) is 31.7 Å². The molecular formula is C44H73BN16O14Pb+2. The molecule has 418 valence electrons. The van der Waals surface area contributed by atoms with E-state index in [9.17, 15) is 68.2 Å². The van der Waals surface area contributed by atoms with Gasteiger partial charge >= 0.3 is 40.4 Å². The zero-order chi connectivity index (χ0) is 55.8. The average Bonchev–Trinajstić information content (AvgIpc) is 3.74. The van der Waals surface area contributed by atoms with Crippen LogP contribution in [0.3, 0.4) is 0 Å². The molecule has 1 aromatic carbocycles. The average molecular weight is 1270 g/mol. The summed E-state index contributed by atoms with van der Waals surface area (Å²) in [6.45, 7) is 0.380. The Morgan fingerprint density at radius 3 is 1.66 bits per heavy atom. The van der Waals surface area contributed by atoms with Gasteiger partial charge in [-0.2, -0.15) is 0 Å². The van der Waals surface area contributed by atoms with E-state index in [1.165, 1.54) is 24.3 Å². The van der Waals surface area contributed by atoms with E-state index in [4.69, 9.17) is 22.9 Å². The van der Waals surface area contributed by atoms with Crippen LogP contribution in [0.2, 0.25) is 0 Å². The minimum absolute atomic E-state index is 0. The Kier molecular flexibility index (Phi) is 29.4. The molecule has 4 atom stereocenters. The maximum absolute atomic E-state index is 13.8. The fraction of sp³-hybridized carbons (Fsp3) is 0.614. The molecule has 2 aliphatic heterocycles. The minimum atomic E-state index is -1.87. The summed E-state index contributed by atoms with van der Waals surface area (Å²) in [6, 6.07) is 2.94. The van der Waals surface area contributed by atoms with Crippen LogP contribution in [0.25, 0.3) is 0 Å². The molecule has 1 aromatic rings. The quantitative estimate of drug-likeness (QED) is 0.0177. The molecule has 0 aliphatic carbocycles. The number of nitrogens with one attached hydrogen (secondary N) is 5. The van der Waals surface area contributed by atoms with Gasteiger partial charge in [0.05, 0.1) is 57.7 Å². The van der Waals surface area contributed by atoms with Crippen LogP contribution in [0.1, 0.15) is 41.6 Å². The van der Waals surface area contributed by atoms with Crippen LogP contribution in [0.5, 0.6) is 0 Å². The van der Waals surface area contributed by atoms with Crippen LogP contribution >= 0.6 is 0 Å². The number of amides is 9. The Morgan fingerprint density at radius 2 is 1.18 bits per heavy atom. The number of benzene rings is 1. The maximum atomic E-state index is 13.8. The number of nitrogens with two attached hydrogens (primary N) is 4. The number of aliphatic carboxylic acids is 1. The summed E-state index contributed by atoms with van der Waals surface area (Å²) < 4.78 is 0. The summed E-state index contributed by atoms with van der Waals surface area (Å²) in [6.07, 6.45) is -1.54. The molecule has 0 bridgehead atoms. The summed E-state index contributed by atoms with van der Waals surface area (Å²) in [7, 11) is 1.50. The number of carbonyl (C=O) groups is 10. The van der Waals surface area contributed by atoms with E-state index in [1.54, 1.807) is 38.6 Å². The van der Waals surface area contributed by atoms with E-state index in [2.05, 4.69) is 31.6 Å². The molecule has 2 aliphatic rings. The van der Waals surface area contributed by atoms with Crippen molar-refractivity contribution in [2.45, 2.75) is 56.4 Å². The van der Waals surface area contributed by atoms with Gasteiger partial charge in [0, 0.05) is 91.7 Å². The molecule has 2 fully saturated rings. The predicted molar refractivity (Wildman–Crippen MR) is 275 cm³/mol. The maximum Gasteiger partial charge on any atom is 2.00 e. The molecule has 0 saturated carbocycles. The third-order valence-electron chi connectivity index (χ3n) is 12.0. The van der Waals surface area contributed by atoms with Crippen molar-refractivity contribution in [2.24, 2.45) is 27.9 Å². The number of aliphatic hydroxyl groups excluding tert-OH is 1. The molecule has 17 N–H and O–H groups in total. The first-order valence-electron chi connectivity index (χ1n) is 24.2. The van der Waals surface area contributed by atoms with E-state index in [0.717, 1.165) is 4.90 Å². The normalized spacial score (nSPS) is 18.0. The van der Waals surface area contributed by atoms with Gasteiger partial charge in [0.25, 0.3) is 5.91 Å². The van der Waals surface area contributed by atoms with Crippen molar-refractivity contribution in [1.29, 1.82) is 0 Å². The third-order valence-corrected chi connectivity index (χ3v) is 12.0. The van der Waals surface area contributed by atoms with Crippen molar-refractivity contribution in [2.75, 3.05) is 119 Å². The summed E-state index contributed by atoms with van der Waals surface area (Å²) in [5, 5.41) is 50.9. The molecule has 4 unspecified atom stereocenters. The summed E-state index contributed by atoms with van der Waals surface area (Å²) in [5.74, 6) is -8.47. The Labute approximate surface area is 460 Å². The Balaban J connectivity index is 0.0000198. The van der Waals surface area contributed by atoms with Gasteiger partial charge in [-0.25, -0.2) is 0 Å². The summed E-state index contributed by atoms with van der Waals surface area (Å²) >= 11 is 0. The number of primary amides is 3. The van der Waals surface area contributed by atoms with Gasteiger partial charge in [0.1, 0.15) is 12.1 Å². The predicted octanol–water partition coefficient (Wildman–Crippen LogP) is -9.48. The number of hydrogen-bond donors (Lipinski definition) is 13. The van der Waals surface area contributed by atoms with E-state index in [-0.39, 0.29) is 130 Å². The number of likely N-dealkylation sites (tertiary alicyclic amines) is 1. The van der Waals surface area contributed by atoms with Crippen molar-refractivity contribution in [1.82, 2.24) is 56.0 Å². The van der Waals surface area contributed by atoms with Crippen molar-refractivity contribution >= 4 is 99.5 Å². The molecule has 2 radical (unpaired) electrons. The third kappa shape index (κ3) is 25.2. The first-order chi connectivity index (χ1) is 35.4. The second-order valence-electron chi connectivity index (χ2n) is 18.3. The molecular weight excluding hydrogens is 1190 g/mol. The minimum Gasteiger partial charge on any atom is -0.481 e. The number of rotatable bonds is 26. The van der Waals surface area contributed by atoms with E-state index >= 15 is 0 Å². The van der Waals surface area contributed by atoms with Gasteiger partial charge in [-0.05, 0) is 37.0 Å². The second-order valence-corrected chi connectivity index (χ2v) is 18.3. The van der Waals surface area contributed by atoms with Gasteiger partial charge in [-0.3, -0.25) is 72.5 Å². The Morgan fingerprint density at radius 1 is 0.697 bits per heavy atom. The molecule has 32 heteroatoms. The summed E-state index contributed by atoms with van der Waals surface area (Å²) in [5.41, 5.74) is 23.0. The Bertz CT molecular complexity index is 2150. The zero-order valence-corrected chi connectivity index (χ0v) is 46.7. The second kappa shape index (κ2) is 33.8. The molecule has 2 heterocycles. The van der Waals surface area contributed by atoms with Gasteiger partial charge in [0.2, 0.25) is 47.3 Å². The molecule has 0 spiro atoms. The fourth-order valence-electron chi connectivity index (χ4n) is 7.99. The van der Waals surface area contributed by atoms with Crippen LogP contribution in [-0.2, 0) is 49.7 Å². The standard InChI is InChI=1S/C44H73BN16O14.Pb/c1-56(2)44(49)50-9-3-4-31(54-38(67)27-60-16-14-58(25-35(47)64)12-10-57(24-34(46)63)11-13-59(15-17-60)26-36(48)65)42(72)52-21-37(66)55-32(19-40(69)70)43(73)51-20-28-5-7-29(8-6-28)41(71)53-22-39(68)61-23-30(62)18-33(61)45(74)75;/h5-8,30-33,62,74-75H,3-4,9-27H2,1-2H3,(H2,46,63)(H2,47,64)(H2,48,65)(H2,49,50)(H,51,73)(H,52,72)(H,53,71)(H,54,67)(H,55,66)(H,69,70);/q;+2. The monoisotopic (exact) mass is 1270 g/mol. The molecule has 30 nitrogen and oxygen atoms in total. The number of carboxylic acid groups (broad SMARTS) is 1. The molecule has 76 heavy (non-hydrogen) atoms. The number of β-amino-alcohol motifs (C(OH)–C–C–N with tert-alkyl or cyclic N) is 1. The van der Waals surface area contributed by atoms with Crippen molar-refractivity contribution in [3.05, 3.63) is 35.4 Å². The van der Waals surface area contributed by atoms with Crippen LogP contribution in [-0.4, -0.2) is 292 Å². The topological polar surface area (TPSA) is 448 Å². The van der Waals surface area contributed by atoms with Crippen molar-refractivity contribution < 1.29 is 68.2 Å². The van der Waals surface area contributed by atoms with E-state index in [1.807, 2.05) is 0 Å². The van der Waals surface area contributed by atoms with Crippen molar-refractivity contribution in [3.8, 4) is 0 Å². The molecule has 2 saturated heterocycles. The van der Waals surface area contributed by atoms with Crippen LogP contribution in [0, 0.1) is 0 Å². The fourth-order valence-corrected chi connectivity index (χ4v) is 7.99. The summed E-state index contributed by atoms with van der Waals surface area (Å²) in [4.78, 5) is 141. The van der Waals surface area contributed by atoms with Gasteiger partial charge in [-0.15, -0.1) is 0 Å². The SMILES string of the molecule is CN(C)C(N)=NCCCC(NC(=O)CN1CCN(CC(N)=O)CCN(CC(N)=O)CCN(CC(N)=O)CC1)C(=O)NCC(=O)NC(CC(=O)O)C(=O)NCc1ccc(C(=O)NCC(=O)N2CC(O)CC2B(O)O)cc1.[Pb+2]. The van der Waals surface area contributed by atoms with E-state index < -0.39 is 110 Å². The first-order valence-corrected chi connectivity index (χ1v) is 24.2. The zero-order valence-electron chi connectivity index (χ0n) is 42.9. The largest absolute Gasteiger partial charge is 2.00 e. The van der Waals surface area contributed by atoms with Crippen molar-refractivity contribution in [3.63, 3.8) is 0 Å². The molecule has 0 aromatic heterocycles. The van der Waals surface area contributed by atoms with Gasteiger partial charge in [-0.1, -0.05) is 12.1 Å². The number of carbonyl (C=O) groups excluding carboxylic acids is 9. The van der Waals surface area contributed by atoms with Gasteiger partial charge < -0.3 is 79.6 Å². The number of hydrogen-bond acceptors (Lipinski definition) is 18. The van der Waals surface area contributed by atoms with Gasteiger partial charge in [0.15, 0.2) is 5.96 Å². The number of aliphatic hydroxyl groups is 1. The molecule has 3 rings (SSSR count). The smallest absolute Gasteiger partial charge is 0.481 e. The first kappa shape index (κ1) is 66.0. The number of carboxylic acids is 1. The number of aliphatic imine (C=N–C) groups is 1. The van der Waals surface area contributed by atoms with Crippen LogP contribution in [0.4, 0.5) is 0 Å². The number of guanidine groups is 1. The van der Waals surface area contributed by atoms with Crippen LogP contribution in [0.15, 0.2) is 29.3 Å². The molecule has 9 amide bonds. The Hall–Kier alpha value is -6.10. The number of nitrogens with zero attached hydrogens (tertiary/aromatic N) is 7. The van der Waals surface area contributed by atoms with Crippen LogP contribution < -0.4 is 49.5 Å².